The van der Waals surface area contributed by atoms with Crippen LogP contribution in [0.4, 0.5) is 0 Å². The fourth-order valence-electron chi connectivity index (χ4n) is 3.22. The zero-order chi connectivity index (χ0) is 13.1. The lowest BCUT2D eigenvalue weighted by atomic mass is 9.88. The van der Waals surface area contributed by atoms with Crippen LogP contribution in [0.2, 0.25) is 0 Å². The Morgan fingerprint density at radius 3 is 2.58 bits per heavy atom. The summed E-state index contributed by atoms with van der Waals surface area (Å²) in [6, 6.07) is 21.1. The Hall–Kier alpha value is -1.60. The van der Waals surface area contributed by atoms with Crippen molar-refractivity contribution >= 4 is 0 Å². The van der Waals surface area contributed by atoms with Crippen molar-refractivity contribution in [1.29, 1.82) is 0 Å². The number of rotatable bonds is 3. The fourth-order valence-corrected chi connectivity index (χ4v) is 3.22. The molecule has 0 saturated carbocycles. The second kappa shape index (κ2) is 5.58. The highest BCUT2D eigenvalue weighted by Crippen LogP contribution is 2.23. The molecule has 0 saturated heterocycles. The molecule has 0 amide bonds. The Kier molecular flexibility index (Phi) is 3.65. The number of benzene rings is 2. The van der Waals surface area contributed by atoms with E-state index in [1.54, 1.807) is 11.1 Å². The molecule has 3 rings (SSSR count). The van der Waals surface area contributed by atoms with Crippen LogP contribution in [0.1, 0.15) is 36.1 Å². The average molecular weight is 252 g/mol. The maximum Gasteiger partial charge on any atom is 0.112 e. The van der Waals surface area contributed by atoms with Gasteiger partial charge in [-0.25, -0.2) is 0 Å². The molecule has 2 atom stereocenters. The molecule has 1 heteroatoms. The molecule has 0 aromatic heterocycles. The molecule has 0 fully saturated rings. The quantitative estimate of drug-likeness (QED) is 0.865. The third-order valence-electron chi connectivity index (χ3n) is 4.14. The summed E-state index contributed by atoms with van der Waals surface area (Å²) in [6.07, 6.45) is 3.60. The van der Waals surface area contributed by atoms with Crippen LogP contribution in [-0.2, 0) is 12.8 Å². The summed E-state index contributed by atoms with van der Waals surface area (Å²) in [7, 11) is 0. The zero-order valence-corrected chi connectivity index (χ0v) is 11.5. The summed E-state index contributed by atoms with van der Waals surface area (Å²) in [6.45, 7) is 2.34. The first kappa shape index (κ1) is 12.4. The summed E-state index contributed by atoms with van der Waals surface area (Å²) < 4.78 is 0. The third kappa shape index (κ3) is 2.87. The lowest BCUT2D eigenvalue weighted by Gasteiger charge is -2.28. The number of nitrogens with two attached hydrogens (primary N) is 1. The smallest absolute Gasteiger partial charge is 0.112 e. The van der Waals surface area contributed by atoms with Crippen LogP contribution in [0, 0.1) is 0 Å². The van der Waals surface area contributed by atoms with E-state index in [0.29, 0.717) is 12.1 Å². The molecule has 19 heavy (non-hydrogen) atoms. The highest BCUT2D eigenvalue weighted by atomic mass is 15.0. The van der Waals surface area contributed by atoms with Gasteiger partial charge in [0, 0.05) is 18.4 Å². The lowest BCUT2D eigenvalue weighted by Crippen LogP contribution is -2.92. The summed E-state index contributed by atoms with van der Waals surface area (Å²) in [5.74, 6) is 0. The summed E-state index contributed by atoms with van der Waals surface area (Å²) >= 11 is 0. The standard InChI is InChI=1S/C18H21N/c1-14-13-16-9-5-6-10-17(16)18(19-14)12-11-15-7-3-2-4-8-15/h2-10,14,18-19H,11-13H2,1H3/p+1/t14-,18-/m1/s1. The molecule has 1 nitrogen and oxygen atoms in total. The minimum atomic E-state index is 0.625. The van der Waals surface area contributed by atoms with Crippen LogP contribution in [0.15, 0.2) is 54.6 Å². The molecule has 1 aliphatic rings. The van der Waals surface area contributed by atoms with Crippen molar-refractivity contribution < 1.29 is 5.32 Å². The van der Waals surface area contributed by atoms with Gasteiger partial charge in [0.15, 0.2) is 0 Å². The third-order valence-corrected chi connectivity index (χ3v) is 4.14. The van der Waals surface area contributed by atoms with Crippen LogP contribution >= 0.6 is 0 Å². The van der Waals surface area contributed by atoms with Crippen LogP contribution in [0.25, 0.3) is 0 Å². The van der Waals surface area contributed by atoms with Crippen LogP contribution in [0.5, 0.6) is 0 Å². The molecular weight excluding hydrogens is 230 g/mol. The Morgan fingerprint density at radius 1 is 1.00 bits per heavy atom. The minimum absolute atomic E-state index is 0.625. The van der Waals surface area contributed by atoms with Gasteiger partial charge in [-0.1, -0.05) is 54.6 Å². The fraction of sp³-hybridized carbons (Fsp3) is 0.333. The minimum Gasteiger partial charge on any atom is -0.338 e. The average Bonchev–Trinajstić information content (AvgIpc) is 2.45. The van der Waals surface area contributed by atoms with Crippen LogP contribution in [-0.4, -0.2) is 6.04 Å². The van der Waals surface area contributed by atoms with Crippen LogP contribution < -0.4 is 5.32 Å². The summed E-state index contributed by atoms with van der Waals surface area (Å²) in [4.78, 5) is 0. The number of hydrogen-bond acceptors (Lipinski definition) is 0. The SMILES string of the molecule is C[C@@H]1Cc2ccccc2[C@@H](CCc2ccccc2)[NH2+]1. The van der Waals surface area contributed by atoms with Gasteiger partial charge in [0.25, 0.3) is 0 Å². The first-order valence-electron chi connectivity index (χ1n) is 7.29. The van der Waals surface area contributed by atoms with Crippen molar-refractivity contribution in [1.82, 2.24) is 0 Å². The molecule has 0 bridgehead atoms. The first-order chi connectivity index (χ1) is 9.33. The van der Waals surface area contributed by atoms with Crippen molar-refractivity contribution in [2.24, 2.45) is 0 Å². The first-order valence-corrected chi connectivity index (χ1v) is 7.29. The van der Waals surface area contributed by atoms with Gasteiger partial charge in [-0.05, 0) is 24.5 Å². The Balaban J connectivity index is 1.74. The highest BCUT2D eigenvalue weighted by molar-refractivity contribution is 5.31. The van der Waals surface area contributed by atoms with E-state index in [-0.39, 0.29) is 0 Å². The molecule has 2 aromatic rings. The molecule has 0 aliphatic carbocycles. The molecule has 1 heterocycles. The van der Waals surface area contributed by atoms with Crippen molar-refractivity contribution in [3.8, 4) is 0 Å². The van der Waals surface area contributed by atoms with Gasteiger partial charge in [-0.2, -0.15) is 0 Å². The molecule has 2 aromatic carbocycles. The van der Waals surface area contributed by atoms with E-state index in [2.05, 4.69) is 66.8 Å². The predicted octanol–water partition coefficient (Wildman–Crippen LogP) is 2.87. The number of fused-ring (bicyclic) bond motifs is 1. The van der Waals surface area contributed by atoms with Gasteiger partial charge >= 0.3 is 0 Å². The van der Waals surface area contributed by atoms with E-state index >= 15 is 0 Å². The predicted molar refractivity (Wildman–Crippen MR) is 79.0 cm³/mol. The van der Waals surface area contributed by atoms with Gasteiger partial charge in [0.2, 0.25) is 0 Å². The summed E-state index contributed by atoms with van der Waals surface area (Å²) in [5, 5.41) is 2.55. The van der Waals surface area contributed by atoms with E-state index in [1.165, 1.54) is 24.8 Å². The molecule has 0 unspecified atom stereocenters. The number of aryl methyl sites for hydroxylation is 1. The largest absolute Gasteiger partial charge is 0.338 e. The zero-order valence-electron chi connectivity index (χ0n) is 11.5. The maximum absolute atomic E-state index is 2.55. The van der Waals surface area contributed by atoms with Crippen LogP contribution in [0.3, 0.4) is 0 Å². The van der Waals surface area contributed by atoms with E-state index in [1.807, 2.05) is 0 Å². The van der Waals surface area contributed by atoms with Crippen molar-refractivity contribution in [2.75, 3.05) is 0 Å². The maximum atomic E-state index is 2.55. The normalized spacial score (nSPS) is 21.9. The molecule has 0 spiro atoms. The number of hydrogen-bond donors (Lipinski definition) is 1. The van der Waals surface area contributed by atoms with Gasteiger partial charge < -0.3 is 5.32 Å². The van der Waals surface area contributed by atoms with Gasteiger partial charge in [-0.15, -0.1) is 0 Å². The van der Waals surface area contributed by atoms with Gasteiger partial charge in [0.1, 0.15) is 6.04 Å². The lowest BCUT2D eigenvalue weighted by molar-refractivity contribution is -0.729. The monoisotopic (exact) mass is 252 g/mol. The second-order valence-electron chi connectivity index (χ2n) is 5.70. The molecule has 0 radical (unpaired) electrons. The highest BCUT2D eigenvalue weighted by Gasteiger charge is 2.26. The molecule has 2 N–H and O–H groups in total. The molecule has 1 aliphatic heterocycles. The van der Waals surface area contributed by atoms with E-state index < -0.39 is 0 Å². The molecular formula is C18H22N+. The van der Waals surface area contributed by atoms with E-state index in [0.717, 1.165) is 0 Å². The van der Waals surface area contributed by atoms with Gasteiger partial charge in [0.05, 0.1) is 6.04 Å². The Labute approximate surface area is 115 Å². The van der Waals surface area contributed by atoms with E-state index in [4.69, 9.17) is 0 Å². The Bertz CT molecular complexity index is 532. The van der Waals surface area contributed by atoms with E-state index in [9.17, 15) is 0 Å². The Morgan fingerprint density at radius 2 is 1.74 bits per heavy atom. The summed E-state index contributed by atoms with van der Waals surface area (Å²) in [5.41, 5.74) is 4.55. The second-order valence-corrected chi connectivity index (χ2v) is 5.70. The van der Waals surface area contributed by atoms with Crippen molar-refractivity contribution in [2.45, 2.75) is 38.3 Å². The van der Waals surface area contributed by atoms with Crippen molar-refractivity contribution in [3.63, 3.8) is 0 Å². The topological polar surface area (TPSA) is 16.6 Å². The van der Waals surface area contributed by atoms with Gasteiger partial charge in [-0.3, -0.25) is 0 Å². The number of quaternary nitrogens is 1. The van der Waals surface area contributed by atoms with Crippen molar-refractivity contribution in [3.05, 3.63) is 71.3 Å². The molecule has 98 valence electrons.